The fraction of sp³-hybridized carbons (Fsp3) is 0.235. The smallest absolute Gasteiger partial charge is 0.255 e. The zero-order valence-corrected chi connectivity index (χ0v) is 12.3. The van der Waals surface area contributed by atoms with Crippen LogP contribution in [0.5, 0.6) is 5.75 Å². The van der Waals surface area contributed by atoms with E-state index >= 15 is 0 Å². The van der Waals surface area contributed by atoms with Gasteiger partial charge in [0.1, 0.15) is 11.9 Å². The Hall–Kier alpha value is -2.49. The highest BCUT2D eigenvalue weighted by Gasteiger charge is 2.29. The number of hydrogen-bond donors (Lipinski definition) is 2. The average Bonchev–Trinajstić information content (AvgIpc) is 2.48. The van der Waals surface area contributed by atoms with Crippen LogP contribution in [0.1, 0.15) is 33.2 Å². The summed E-state index contributed by atoms with van der Waals surface area (Å²) in [5, 5.41) is 12.9. The fourth-order valence-electron chi connectivity index (χ4n) is 2.87. The number of carbonyl (C=O) groups excluding carboxylic acids is 1. The Bertz CT molecular complexity index is 701. The SMILES string of the molecule is Cc1cc([C@@H]2NC(=O)c3ccccc3N2C)cc(C)c1O. The second kappa shape index (κ2) is 4.81. The maximum atomic E-state index is 12.3. The van der Waals surface area contributed by atoms with Crippen LogP contribution in [-0.2, 0) is 0 Å². The number of phenolic OH excluding ortho intramolecular Hbond substituents is 1. The van der Waals surface area contributed by atoms with Crippen molar-refractivity contribution in [1.82, 2.24) is 5.32 Å². The van der Waals surface area contributed by atoms with Gasteiger partial charge in [-0.05, 0) is 54.8 Å². The van der Waals surface area contributed by atoms with Crippen LogP contribution in [-0.4, -0.2) is 18.1 Å². The van der Waals surface area contributed by atoms with Crippen molar-refractivity contribution in [2.75, 3.05) is 11.9 Å². The molecule has 0 aromatic heterocycles. The van der Waals surface area contributed by atoms with Gasteiger partial charge < -0.3 is 15.3 Å². The maximum absolute atomic E-state index is 12.3. The summed E-state index contributed by atoms with van der Waals surface area (Å²) < 4.78 is 0. The Balaban J connectivity index is 2.07. The lowest BCUT2D eigenvalue weighted by molar-refractivity contribution is 0.0928. The first-order valence-corrected chi connectivity index (χ1v) is 6.92. The minimum atomic E-state index is -0.231. The van der Waals surface area contributed by atoms with Gasteiger partial charge >= 0.3 is 0 Å². The molecule has 2 N–H and O–H groups in total. The normalized spacial score (nSPS) is 17.4. The van der Waals surface area contributed by atoms with Crippen LogP contribution >= 0.6 is 0 Å². The number of fused-ring (bicyclic) bond motifs is 1. The van der Waals surface area contributed by atoms with Crippen LogP contribution in [0.3, 0.4) is 0 Å². The number of benzene rings is 2. The molecule has 1 heterocycles. The zero-order chi connectivity index (χ0) is 15.1. The highest BCUT2D eigenvalue weighted by atomic mass is 16.3. The first-order chi connectivity index (χ1) is 9.99. The predicted octanol–water partition coefficient (Wildman–Crippen LogP) is 2.89. The van der Waals surface area contributed by atoms with Crippen molar-refractivity contribution in [2.24, 2.45) is 0 Å². The number of anilines is 1. The summed E-state index contributed by atoms with van der Waals surface area (Å²) in [6.07, 6.45) is -0.231. The van der Waals surface area contributed by atoms with Gasteiger partial charge in [0.25, 0.3) is 5.91 Å². The predicted molar refractivity (Wildman–Crippen MR) is 82.6 cm³/mol. The van der Waals surface area contributed by atoms with Crippen molar-refractivity contribution in [3.63, 3.8) is 0 Å². The van der Waals surface area contributed by atoms with Gasteiger partial charge in [-0.1, -0.05) is 12.1 Å². The molecule has 0 fully saturated rings. The van der Waals surface area contributed by atoms with Crippen LogP contribution in [0, 0.1) is 13.8 Å². The van der Waals surface area contributed by atoms with E-state index in [1.807, 2.05) is 62.2 Å². The standard InChI is InChI=1S/C17H18N2O2/c1-10-8-12(9-11(2)15(10)20)16-18-17(21)13-6-4-5-7-14(13)19(16)3/h4-9,16,20H,1-3H3,(H,18,21)/t16-/m1/s1. The summed E-state index contributed by atoms with van der Waals surface area (Å²) in [6, 6.07) is 11.4. The van der Waals surface area contributed by atoms with E-state index in [0.717, 1.165) is 22.4 Å². The van der Waals surface area contributed by atoms with Crippen LogP contribution in [0.15, 0.2) is 36.4 Å². The third-order valence-electron chi connectivity index (χ3n) is 4.01. The van der Waals surface area contributed by atoms with Gasteiger partial charge in [0.15, 0.2) is 0 Å². The summed E-state index contributed by atoms with van der Waals surface area (Å²) in [4.78, 5) is 14.3. The van der Waals surface area contributed by atoms with Crippen molar-refractivity contribution in [3.05, 3.63) is 58.7 Å². The highest BCUT2D eigenvalue weighted by molar-refractivity contribution is 6.02. The van der Waals surface area contributed by atoms with Crippen LogP contribution in [0.25, 0.3) is 0 Å². The molecule has 0 spiro atoms. The van der Waals surface area contributed by atoms with E-state index in [1.165, 1.54) is 0 Å². The molecule has 2 aromatic rings. The number of aryl methyl sites for hydroxylation is 2. The summed E-state index contributed by atoms with van der Waals surface area (Å²) in [6.45, 7) is 3.73. The minimum absolute atomic E-state index is 0.0721. The Morgan fingerprint density at radius 1 is 1.14 bits per heavy atom. The second-order valence-electron chi connectivity index (χ2n) is 5.51. The van der Waals surface area contributed by atoms with E-state index in [1.54, 1.807) is 0 Å². The number of phenols is 1. The summed E-state index contributed by atoms with van der Waals surface area (Å²) in [5.74, 6) is 0.237. The number of nitrogens with one attached hydrogen (secondary N) is 1. The first-order valence-electron chi connectivity index (χ1n) is 6.92. The van der Waals surface area contributed by atoms with E-state index in [0.29, 0.717) is 11.3 Å². The molecule has 1 aliphatic heterocycles. The lowest BCUT2D eigenvalue weighted by Gasteiger charge is -2.36. The minimum Gasteiger partial charge on any atom is -0.507 e. The molecule has 1 amide bonds. The molecule has 2 aromatic carbocycles. The Morgan fingerprint density at radius 2 is 1.76 bits per heavy atom. The molecule has 0 radical (unpaired) electrons. The van der Waals surface area contributed by atoms with Gasteiger partial charge in [0, 0.05) is 7.05 Å². The molecule has 21 heavy (non-hydrogen) atoms. The third kappa shape index (κ3) is 2.13. The highest BCUT2D eigenvalue weighted by Crippen LogP contribution is 2.34. The second-order valence-corrected chi connectivity index (χ2v) is 5.51. The Kier molecular flexibility index (Phi) is 3.09. The number of aromatic hydroxyl groups is 1. The quantitative estimate of drug-likeness (QED) is 0.845. The molecule has 4 heteroatoms. The molecule has 0 aliphatic carbocycles. The first kappa shape index (κ1) is 13.5. The maximum Gasteiger partial charge on any atom is 0.255 e. The molecule has 1 aliphatic rings. The molecule has 3 rings (SSSR count). The van der Waals surface area contributed by atoms with Gasteiger partial charge in [-0.3, -0.25) is 4.79 Å². The number of carbonyl (C=O) groups is 1. The molecule has 0 unspecified atom stereocenters. The third-order valence-corrected chi connectivity index (χ3v) is 4.01. The van der Waals surface area contributed by atoms with Gasteiger partial charge in [-0.15, -0.1) is 0 Å². The fourth-order valence-corrected chi connectivity index (χ4v) is 2.87. The summed E-state index contributed by atoms with van der Waals surface area (Å²) in [7, 11) is 1.96. The zero-order valence-electron chi connectivity index (χ0n) is 12.3. The van der Waals surface area contributed by atoms with Gasteiger partial charge in [-0.25, -0.2) is 0 Å². The number of amides is 1. The number of nitrogens with zero attached hydrogens (tertiary/aromatic N) is 1. The molecule has 0 bridgehead atoms. The van der Waals surface area contributed by atoms with E-state index in [4.69, 9.17) is 0 Å². The summed E-state index contributed by atoms with van der Waals surface area (Å²) in [5.41, 5.74) is 4.18. The molecule has 108 valence electrons. The van der Waals surface area contributed by atoms with Crippen molar-refractivity contribution in [2.45, 2.75) is 20.0 Å². The number of para-hydroxylation sites is 1. The van der Waals surface area contributed by atoms with E-state index in [2.05, 4.69) is 5.32 Å². The van der Waals surface area contributed by atoms with Crippen molar-refractivity contribution in [1.29, 1.82) is 0 Å². The molecule has 0 saturated carbocycles. The Morgan fingerprint density at radius 3 is 2.43 bits per heavy atom. The number of rotatable bonds is 1. The van der Waals surface area contributed by atoms with E-state index < -0.39 is 0 Å². The average molecular weight is 282 g/mol. The largest absolute Gasteiger partial charge is 0.507 e. The molecule has 0 saturated heterocycles. The van der Waals surface area contributed by atoms with Crippen LogP contribution in [0.4, 0.5) is 5.69 Å². The lowest BCUT2D eigenvalue weighted by atomic mass is 10.00. The van der Waals surface area contributed by atoms with E-state index in [9.17, 15) is 9.90 Å². The van der Waals surface area contributed by atoms with Crippen molar-refractivity contribution in [3.8, 4) is 5.75 Å². The van der Waals surface area contributed by atoms with Gasteiger partial charge in [0.05, 0.1) is 11.3 Å². The van der Waals surface area contributed by atoms with Crippen molar-refractivity contribution >= 4 is 11.6 Å². The monoisotopic (exact) mass is 282 g/mol. The molecular formula is C17H18N2O2. The topological polar surface area (TPSA) is 52.6 Å². The van der Waals surface area contributed by atoms with Crippen LogP contribution in [0.2, 0.25) is 0 Å². The van der Waals surface area contributed by atoms with Gasteiger partial charge in [0.2, 0.25) is 0 Å². The molecule has 1 atom stereocenters. The van der Waals surface area contributed by atoms with Crippen molar-refractivity contribution < 1.29 is 9.90 Å². The Labute approximate surface area is 124 Å². The van der Waals surface area contributed by atoms with Gasteiger partial charge in [-0.2, -0.15) is 0 Å². The molecule has 4 nitrogen and oxygen atoms in total. The molecular weight excluding hydrogens is 264 g/mol. The van der Waals surface area contributed by atoms with Crippen LogP contribution < -0.4 is 10.2 Å². The summed E-state index contributed by atoms with van der Waals surface area (Å²) >= 11 is 0. The number of hydrogen-bond acceptors (Lipinski definition) is 3. The van der Waals surface area contributed by atoms with E-state index in [-0.39, 0.29) is 12.1 Å². The lowest BCUT2D eigenvalue weighted by Crippen LogP contribution is -2.44.